The predicted molar refractivity (Wildman–Crippen MR) is 172 cm³/mol. The van der Waals surface area contributed by atoms with Gasteiger partial charge in [0.25, 0.3) is 12.6 Å². The average Bonchev–Trinajstić information content (AvgIpc) is 3.03. The number of hydrogen-bond donors (Lipinski definition) is 2. The summed E-state index contributed by atoms with van der Waals surface area (Å²) in [4.78, 5) is 38.7. The van der Waals surface area contributed by atoms with Crippen molar-refractivity contribution in [1.29, 1.82) is 0 Å². The number of aromatic nitrogens is 3. The molecule has 2 N–H and O–H groups in total. The molecule has 0 radical (unpaired) electrons. The van der Waals surface area contributed by atoms with Crippen LogP contribution in [0, 0.1) is 6.92 Å². The molecule has 0 spiro atoms. The molecule has 0 atom stereocenters. The number of pyridine rings is 1. The van der Waals surface area contributed by atoms with E-state index in [1.165, 1.54) is 5.56 Å². The fraction of sp³-hybridized carbons (Fsp3) is 0.324. The Hall–Kier alpha value is -4.87. The van der Waals surface area contributed by atoms with E-state index in [0.29, 0.717) is 22.9 Å². The Balaban J connectivity index is 1.21. The standard InChI is InChI=1S/C34H39N7O4/c1-24(2)45-34(43)44-23-41-15-5-6-28(22-41)30-13-14-35-33(37-30)38-31-20-29(12-7-25(31)3)36-32(42)27-10-8-26(9-11-27)21-40-18-16-39(4)17-19-40/h5-15,20,22,24H,16-19,21,23H2,1-4H3,(H-,35,36,37,38,42)/p+1. The fourth-order valence-electron chi connectivity index (χ4n) is 4.87. The number of benzene rings is 2. The second-order valence-electron chi connectivity index (χ2n) is 11.4. The number of carbonyl (C=O) groups is 2. The van der Waals surface area contributed by atoms with Crippen LogP contribution >= 0.6 is 0 Å². The monoisotopic (exact) mass is 610 g/mol. The molecule has 1 saturated heterocycles. The lowest BCUT2D eigenvalue weighted by Crippen LogP contribution is -2.43. The first-order valence-corrected chi connectivity index (χ1v) is 15.1. The van der Waals surface area contributed by atoms with Gasteiger partial charge in [0.15, 0.2) is 12.4 Å². The third-order valence-corrected chi connectivity index (χ3v) is 7.43. The second-order valence-corrected chi connectivity index (χ2v) is 11.4. The average molecular weight is 611 g/mol. The van der Waals surface area contributed by atoms with Crippen molar-refractivity contribution in [1.82, 2.24) is 19.8 Å². The largest absolute Gasteiger partial charge is 0.513 e. The van der Waals surface area contributed by atoms with Crippen molar-refractivity contribution in [3.05, 3.63) is 95.9 Å². The normalized spacial score (nSPS) is 13.8. The summed E-state index contributed by atoms with van der Waals surface area (Å²) in [6, 6.07) is 19.1. The maximum absolute atomic E-state index is 13.1. The van der Waals surface area contributed by atoms with Crippen molar-refractivity contribution in [2.24, 2.45) is 0 Å². The van der Waals surface area contributed by atoms with Gasteiger partial charge >= 0.3 is 6.16 Å². The third-order valence-electron chi connectivity index (χ3n) is 7.43. The molecule has 5 rings (SSSR count). The minimum Gasteiger partial charge on any atom is -0.431 e. The molecule has 234 valence electrons. The Morgan fingerprint density at radius 3 is 2.56 bits per heavy atom. The number of anilines is 3. The van der Waals surface area contributed by atoms with E-state index in [1.54, 1.807) is 36.9 Å². The number of hydrogen-bond acceptors (Lipinski definition) is 9. The molecule has 2 aromatic heterocycles. The quantitative estimate of drug-likeness (QED) is 0.189. The highest BCUT2D eigenvalue weighted by Crippen LogP contribution is 2.25. The molecule has 0 aliphatic carbocycles. The first-order chi connectivity index (χ1) is 21.7. The summed E-state index contributed by atoms with van der Waals surface area (Å²) in [6.45, 7) is 10.7. The number of amides is 1. The highest BCUT2D eigenvalue weighted by molar-refractivity contribution is 6.04. The van der Waals surface area contributed by atoms with Crippen LogP contribution in [0.5, 0.6) is 0 Å². The van der Waals surface area contributed by atoms with Gasteiger partial charge in [-0.25, -0.2) is 14.8 Å². The zero-order valence-electron chi connectivity index (χ0n) is 26.2. The number of likely N-dealkylation sites (N-methyl/N-ethyl adjacent to an activating group) is 1. The van der Waals surface area contributed by atoms with Crippen molar-refractivity contribution >= 4 is 29.4 Å². The molecule has 1 aliphatic heterocycles. The molecule has 2 aromatic carbocycles. The number of aryl methyl sites for hydroxylation is 1. The predicted octanol–water partition coefficient (Wildman–Crippen LogP) is 5.00. The summed E-state index contributed by atoms with van der Waals surface area (Å²) in [5, 5.41) is 6.29. The maximum Gasteiger partial charge on any atom is 0.513 e. The molecule has 11 nitrogen and oxygen atoms in total. The van der Waals surface area contributed by atoms with Gasteiger partial charge in [-0.2, -0.15) is 4.57 Å². The summed E-state index contributed by atoms with van der Waals surface area (Å²) < 4.78 is 11.9. The molecular weight excluding hydrogens is 570 g/mol. The summed E-state index contributed by atoms with van der Waals surface area (Å²) in [5.41, 5.74) is 5.70. The molecule has 4 aromatic rings. The Bertz CT molecular complexity index is 1620. The van der Waals surface area contributed by atoms with E-state index in [-0.39, 0.29) is 18.7 Å². The van der Waals surface area contributed by atoms with Gasteiger partial charge in [-0.3, -0.25) is 9.69 Å². The van der Waals surface area contributed by atoms with Crippen LogP contribution in [0.25, 0.3) is 11.3 Å². The lowest BCUT2D eigenvalue weighted by Gasteiger charge is -2.32. The molecule has 11 heteroatoms. The van der Waals surface area contributed by atoms with E-state index in [1.807, 2.05) is 67.7 Å². The molecule has 45 heavy (non-hydrogen) atoms. The summed E-state index contributed by atoms with van der Waals surface area (Å²) >= 11 is 0. The van der Waals surface area contributed by atoms with E-state index in [2.05, 4.69) is 37.4 Å². The number of nitrogens with zero attached hydrogens (tertiary/aromatic N) is 5. The molecule has 3 heterocycles. The number of ether oxygens (including phenoxy) is 2. The highest BCUT2D eigenvalue weighted by Gasteiger charge is 2.15. The maximum atomic E-state index is 13.1. The number of rotatable bonds is 10. The number of nitrogens with one attached hydrogen (secondary N) is 2. The molecule has 1 amide bonds. The van der Waals surface area contributed by atoms with Gasteiger partial charge < -0.3 is 25.0 Å². The van der Waals surface area contributed by atoms with Crippen LogP contribution in [0.2, 0.25) is 0 Å². The van der Waals surface area contributed by atoms with E-state index in [4.69, 9.17) is 9.47 Å². The van der Waals surface area contributed by atoms with Crippen molar-refractivity contribution in [3.8, 4) is 11.3 Å². The summed E-state index contributed by atoms with van der Waals surface area (Å²) in [5.74, 6) is 0.232. The van der Waals surface area contributed by atoms with Crippen molar-refractivity contribution in [3.63, 3.8) is 0 Å². The van der Waals surface area contributed by atoms with Crippen molar-refractivity contribution in [2.45, 2.75) is 40.2 Å². The fourth-order valence-corrected chi connectivity index (χ4v) is 4.87. The van der Waals surface area contributed by atoms with Crippen molar-refractivity contribution < 1.29 is 23.6 Å². The van der Waals surface area contributed by atoms with E-state index in [9.17, 15) is 9.59 Å². The zero-order chi connectivity index (χ0) is 31.8. The van der Waals surface area contributed by atoms with Crippen LogP contribution in [0.3, 0.4) is 0 Å². The number of piperazine rings is 1. The molecule has 1 fully saturated rings. The van der Waals surface area contributed by atoms with Crippen LogP contribution in [-0.4, -0.2) is 71.2 Å². The molecular formula is C34H40N7O4+. The number of carbonyl (C=O) groups excluding carboxylic acids is 2. The Morgan fingerprint density at radius 2 is 1.80 bits per heavy atom. The highest BCUT2D eigenvalue weighted by atomic mass is 16.7. The molecule has 0 unspecified atom stereocenters. The van der Waals surface area contributed by atoms with Crippen LogP contribution in [-0.2, 0) is 22.7 Å². The third kappa shape index (κ3) is 9.07. The van der Waals surface area contributed by atoms with Gasteiger partial charge in [-0.05, 0) is 75.3 Å². The van der Waals surface area contributed by atoms with Gasteiger partial charge in [0.1, 0.15) is 0 Å². The molecule has 1 aliphatic rings. The second kappa shape index (κ2) is 14.7. The zero-order valence-corrected chi connectivity index (χ0v) is 26.2. The van der Waals surface area contributed by atoms with Gasteiger partial charge in [-0.15, -0.1) is 0 Å². The van der Waals surface area contributed by atoms with E-state index < -0.39 is 6.16 Å². The SMILES string of the molecule is Cc1ccc(NC(=O)c2ccc(CN3CCN(C)CC3)cc2)cc1Nc1nccc(-c2ccc[n+](COC(=O)OC(C)C)c2)n1. The summed E-state index contributed by atoms with van der Waals surface area (Å²) in [7, 11) is 2.15. The lowest BCUT2D eigenvalue weighted by molar-refractivity contribution is -0.727. The first-order valence-electron chi connectivity index (χ1n) is 15.1. The summed E-state index contributed by atoms with van der Waals surface area (Å²) in [6.07, 6.45) is 4.32. The minimum absolute atomic E-state index is 0.00798. The van der Waals surface area contributed by atoms with Gasteiger partial charge in [0.2, 0.25) is 5.95 Å². The Morgan fingerprint density at radius 1 is 1.02 bits per heavy atom. The smallest absolute Gasteiger partial charge is 0.431 e. The van der Waals surface area contributed by atoms with Gasteiger partial charge in [0, 0.05) is 61.9 Å². The van der Waals surface area contributed by atoms with Crippen molar-refractivity contribution in [2.75, 3.05) is 43.9 Å². The van der Waals surface area contributed by atoms with Crippen LogP contribution in [0.4, 0.5) is 22.1 Å². The van der Waals surface area contributed by atoms with E-state index in [0.717, 1.165) is 49.5 Å². The minimum atomic E-state index is -0.722. The van der Waals surface area contributed by atoms with Crippen LogP contribution in [0.15, 0.2) is 79.3 Å². The Labute approximate surface area is 263 Å². The molecule has 0 bridgehead atoms. The first kappa shape index (κ1) is 31.6. The van der Waals surface area contributed by atoms with E-state index >= 15 is 0 Å². The van der Waals surface area contributed by atoms with Gasteiger partial charge in [-0.1, -0.05) is 18.2 Å². The van der Waals surface area contributed by atoms with Crippen LogP contribution in [0.1, 0.15) is 35.3 Å². The van der Waals surface area contributed by atoms with Gasteiger partial charge in [0.05, 0.1) is 17.4 Å². The van der Waals surface area contributed by atoms with Crippen LogP contribution < -0.4 is 15.2 Å². The topological polar surface area (TPSA) is 113 Å². The Kier molecular flexibility index (Phi) is 10.3. The lowest BCUT2D eigenvalue weighted by atomic mass is 10.1. The molecule has 0 saturated carbocycles.